The summed E-state index contributed by atoms with van der Waals surface area (Å²) in [6, 6.07) is 0. The Bertz CT molecular complexity index is 153. The lowest BCUT2D eigenvalue weighted by atomic mass is 9.91. The summed E-state index contributed by atoms with van der Waals surface area (Å²) in [5, 5.41) is 0. The van der Waals surface area contributed by atoms with E-state index in [2.05, 4.69) is 38.8 Å². The van der Waals surface area contributed by atoms with Crippen LogP contribution in [0.15, 0.2) is 0 Å². The van der Waals surface area contributed by atoms with E-state index in [0.29, 0.717) is 3.23 Å². The summed E-state index contributed by atoms with van der Waals surface area (Å²) in [7, 11) is 0. The van der Waals surface area contributed by atoms with E-state index in [1.54, 1.807) is 0 Å². The molecule has 0 spiro atoms. The van der Waals surface area contributed by atoms with Crippen LogP contribution in [0.4, 0.5) is 0 Å². The maximum absolute atomic E-state index is 3.72. The highest BCUT2D eigenvalue weighted by Gasteiger charge is 2.62. The topological polar surface area (TPSA) is 0 Å². The molecule has 10 heavy (non-hydrogen) atoms. The van der Waals surface area contributed by atoms with Gasteiger partial charge in [0.05, 0.1) is 3.23 Å². The summed E-state index contributed by atoms with van der Waals surface area (Å²) < 4.78 is 0.352. The zero-order chi connectivity index (χ0) is 7.35. The molecule has 2 rings (SSSR count). The van der Waals surface area contributed by atoms with Gasteiger partial charge in [-0.15, -0.1) is 0 Å². The quantitative estimate of drug-likeness (QED) is 0.589. The average Bonchev–Trinajstić information content (AvgIpc) is 2.36. The van der Waals surface area contributed by atoms with Crippen LogP contribution in [0.1, 0.15) is 26.2 Å². The Hall–Kier alpha value is 0.960. The normalized spacial score (nSPS) is 50.1. The first-order chi connectivity index (χ1) is 4.62. The lowest BCUT2D eigenvalue weighted by Crippen LogP contribution is -2.03. The second-order valence-electron chi connectivity index (χ2n) is 3.81. The zero-order valence-electron chi connectivity index (χ0n) is 6.11. The van der Waals surface area contributed by atoms with Gasteiger partial charge in [0.25, 0.3) is 0 Å². The van der Waals surface area contributed by atoms with E-state index in [-0.39, 0.29) is 0 Å². The van der Waals surface area contributed by atoms with E-state index in [4.69, 9.17) is 0 Å². The molecule has 0 radical (unpaired) electrons. The highest BCUT2D eigenvalue weighted by atomic mass is 79.9. The van der Waals surface area contributed by atoms with Crippen molar-refractivity contribution < 1.29 is 0 Å². The van der Waals surface area contributed by atoms with Crippen LogP contribution < -0.4 is 0 Å². The minimum Gasteiger partial charge on any atom is -0.0721 e. The Labute approximate surface area is 79.0 Å². The van der Waals surface area contributed by atoms with Gasteiger partial charge in [-0.05, 0) is 30.6 Å². The van der Waals surface area contributed by atoms with Crippen molar-refractivity contribution in [1.82, 2.24) is 0 Å². The summed E-state index contributed by atoms with van der Waals surface area (Å²) in [5.74, 6) is 2.82. The average molecular weight is 268 g/mol. The van der Waals surface area contributed by atoms with Gasteiger partial charge in [0, 0.05) is 0 Å². The van der Waals surface area contributed by atoms with E-state index in [9.17, 15) is 0 Å². The largest absolute Gasteiger partial charge is 0.0868 e. The molecule has 0 aromatic carbocycles. The minimum atomic E-state index is 0.352. The Morgan fingerprint density at radius 2 is 1.90 bits per heavy atom. The van der Waals surface area contributed by atoms with E-state index in [0.717, 1.165) is 17.8 Å². The maximum Gasteiger partial charge on any atom is 0.0868 e. The van der Waals surface area contributed by atoms with Gasteiger partial charge in [0.15, 0.2) is 0 Å². The minimum absolute atomic E-state index is 0.352. The predicted octanol–water partition coefficient (Wildman–Crippen LogP) is 3.54. The Balaban J connectivity index is 2.04. The van der Waals surface area contributed by atoms with E-state index >= 15 is 0 Å². The molecular weight excluding hydrogens is 256 g/mol. The van der Waals surface area contributed by atoms with Crippen molar-refractivity contribution in [2.45, 2.75) is 29.4 Å². The van der Waals surface area contributed by atoms with E-state index < -0.39 is 0 Å². The molecule has 3 atom stereocenters. The molecule has 0 heterocycles. The Morgan fingerprint density at radius 1 is 1.20 bits per heavy atom. The molecule has 2 saturated carbocycles. The van der Waals surface area contributed by atoms with Crippen molar-refractivity contribution in [1.29, 1.82) is 0 Å². The third-order valence-corrected chi connectivity index (χ3v) is 5.34. The van der Waals surface area contributed by atoms with Gasteiger partial charge in [0.1, 0.15) is 0 Å². The molecule has 2 fully saturated rings. The molecule has 0 aromatic rings. The van der Waals surface area contributed by atoms with Crippen LogP contribution in [0, 0.1) is 17.8 Å². The number of alkyl halides is 2. The van der Waals surface area contributed by atoms with Gasteiger partial charge in [-0.1, -0.05) is 45.2 Å². The second-order valence-corrected chi connectivity index (χ2v) is 7.49. The zero-order valence-corrected chi connectivity index (χ0v) is 9.28. The van der Waals surface area contributed by atoms with Gasteiger partial charge >= 0.3 is 0 Å². The van der Waals surface area contributed by atoms with Crippen LogP contribution in [-0.4, -0.2) is 3.23 Å². The molecule has 2 heteroatoms. The fraction of sp³-hybridized carbons (Fsp3) is 1.00. The second kappa shape index (κ2) is 2.22. The number of hydrogen-bond acceptors (Lipinski definition) is 0. The fourth-order valence-electron chi connectivity index (χ4n) is 2.19. The van der Waals surface area contributed by atoms with Crippen molar-refractivity contribution in [3.63, 3.8) is 0 Å². The Morgan fingerprint density at radius 3 is 2.40 bits per heavy atom. The van der Waals surface area contributed by atoms with Gasteiger partial charge < -0.3 is 0 Å². The van der Waals surface area contributed by atoms with Crippen LogP contribution >= 0.6 is 31.9 Å². The molecule has 2 aliphatic carbocycles. The molecule has 0 N–H and O–H groups in total. The molecule has 0 unspecified atom stereocenters. The van der Waals surface area contributed by atoms with E-state index in [1.807, 2.05) is 0 Å². The molecule has 2 aliphatic rings. The fourth-order valence-corrected chi connectivity index (χ4v) is 4.03. The summed E-state index contributed by atoms with van der Waals surface area (Å²) in [4.78, 5) is 0. The van der Waals surface area contributed by atoms with Crippen molar-refractivity contribution in [3.05, 3.63) is 0 Å². The van der Waals surface area contributed by atoms with Crippen LogP contribution in [0.3, 0.4) is 0 Å². The first-order valence-electron chi connectivity index (χ1n) is 4.00. The lowest BCUT2D eigenvalue weighted by molar-refractivity contribution is 0.368. The molecule has 0 saturated heterocycles. The van der Waals surface area contributed by atoms with Crippen molar-refractivity contribution in [2.24, 2.45) is 17.8 Å². The lowest BCUT2D eigenvalue weighted by Gasteiger charge is -2.14. The number of rotatable bonds is 0. The van der Waals surface area contributed by atoms with Crippen LogP contribution in [0.25, 0.3) is 0 Å². The highest BCUT2D eigenvalue weighted by molar-refractivity contribution is 9.25. The monoisotopic (exact) mass is 266 g/mol. The van der Waals surface area contributed by atoms with Crippen LogP contribution in [0.2, 0.25) is 0 Å². The molecule has 58 valence electrons. The smallest absolute Gasteiger partial charge is 0.0721 e. The van der Waals surface area contributed by atoms with Gasteiger partial charge in [-0.25, -0.2) is 0 Å². The SMILES string of the molecule is C[C@@H]1CC[C@@H]2[C@H](C1)C2(Br)Br. The molecule has 0 nitrogen and oxygen atoms in total. The van der Waals surface area contributed by atoms with Gasteiger partial charge in [0.2, 0.25) is 0 Å². The molecular formula is C8H12Br2. The van der Waals surface area contributed by atoms with Crippen LogP contribution in [0.5, 0.6) is 0 Å². The van der Waals surface area contributed by atoms with Crippen molar-refractivity contribution >= 4 is 31.9 Å². The summed E-state index contributed by atoms with van der Waals surface area (Å²) in [6.07, 6.45) is 4.27. The predicted molar refractivity (Wildman–Crippen MR) is 50.6 cm³/mol. The number of fused-ring (bicyclic) bond motifs is 1. The summed E-state index contributed by atoms with van der Waals surface area (Å²) in [5.41, 5.74) is 0. The van der Waals surface area contributed by atoms with Crippen molar-refractivity contribution in [3.8, 4) is 0 Å². The van der Waals surface area contributed by atoms with Crippen molar-refractivity contribution in [2.75, 3.05) is 0 Å². The summed E-state index contributed by atoms with van der Waals surface area (Å²) in [6.45, 7) is 2.37. The molecule has 0 amide bonds. The first kappa shape index (κ1) is 7.60. The van der Waals surface area contributed by atoms with E-state index in [1.165, 1.54) is 19.3 Å². The molecule has 0 aliphatic heterocycles. The summed E-state index contributed by atoms with van der Waals surface area (Å²) >= 11 is 7.45. The number of halogens is 2. The Kier molecular flexibility index (Phi) is 1.69. The van der Waals surface area contributed by atoms with Crippen LogP contribution in [-0.2, 0) is 0 Å². The van der Waals surface area contributed by atoms with Gasteiger partial charge in [-0.2, -0.15) is 0 Å². The molecule has 0 aromatic heterocycles. The molecule has 0 bridgehead atoms. The first-order valence-corrected chi connectivity index (χ1v) is 5.58. The standard InChI is InChI=1S/C8H12Br2/c1-5-2-3-6-7(4-5)8(6,9)10/h5-7H,2-4H2,1H3/t5-,6-,7+/m1/s1. The third-order valence-electron chi connectivity index (χ3n) is 2.99. The maximum atomic E-state index is 3.72. The number of hydrogen-bond donors (Lipinski definition) is 0. The third kappa shape index (κ3) is 0.989. The highest BCUT2D eigenvalue weighted by Crippen LogP contribution is 2.68. The van der Waals surface area contributed by atoms with Gasteiger partial charge in [-0.3, -0.25) is 0 Å².